The molecule has 0 bridgehead atoms. The predicted octanol–water partition coefficient (Wildman–Crippen LogP) is 3.06. The predicted molar refractivity (Wildman–Crippen MR) is 88.1 cm³/mol. The molecule has 0 atom stereocenters. The number of aromatic nitrogens is 2. The number of benzene rings is 1. The first-order valence-corrected chi connectivity index (χ1v) is 8.08. The number of halogens is 1. The molecule has 0 N–H and O–H groups in total. The minimum Gasteiger partial charge on any atom is -0.379 e. The molecule has 2 heterocycles. The summed E-state index contributed by atoms with van der Waals surface area (Å²) >= 11 is 6.36. The highest BCUT2D eigenvalue weighted by molar-refractivity contribution is 6.31. The van der Waals surface area contributed by atoms with Crippen LogP contribution in [0, 0.1) is 0 Å². The zero-order chi connectivity index (χ0) is 15.2. The van der Waals surface area contributed by atoms with Gasteiger partial charge in [-0.2, -0.15) is 10.2 Å². The SMILES string of the molecule is Clc1cc(-c2ccccc2)nnc1CCCN1CCOCC1. The van der Waals surface area contributed by atoms with Crippen molar-refractivity contribution in [3.05, 3.63) is 47.1 Å². The van der Waals surface area contributed by atoms with Gasteiger partial charge in [0.05, 0.1) is 29.6 Å². The minimum absolute atomic E-state index is 0.704. The summed E-state index contributed by atoms with van der Waals surface area (Å²) in [5.74, 6) is 0. The Kier molecular flexibility index (Phi) is 5.38. The lowest BCUT2D eigenvalue weighted by atomic mass is 10.1. The van der Waals surface area contributed by atoms with Crippen LogP contribution in [-0.4, -0.2) is 47.9 Å². The van der Waals surface area contributed by atoms with Crippen molar-refractivity contribution in [2.45, 2.75) is 12.8 Å². The fourth-order valence-corrected chi connectivity index (χ4v) is 2.84. The van der Waals surface area contributed by atoms with Crippen LogP contribution in [0.25, 0.3) is 11.3 Å². The fraction of sp³-hybridized carbons (Fsp3) is 0.412. The lowest BCUT2D eigenvalue weighted by Gasteiger charge is -2.26. The lowest BCUT2D eigenvalue weighted by Crippen LogP contribution is -2.37. The number of ether oxygens (including phenoxy) is 1. The minimum atomic E-state index is 0.704. The smallest absolute Gasteiger partial charge is 0.0944 e. The van der Waals surface area contributed by atoms with E-state index in [1.807, 2.05) is 36.4 Å². The normalized spacial score (nSPS) is 15.9. The van der Waals surface area contributed by atoms with Crippen molar-refractivity contribution in [1.29, 1.82) is 0 Å². The summed E-state index contributed by atoms with van der Waals surface area (Å²) < 4.78 is 5.35. The molecule has 1 fully saturated rings. The molecule has 1 saturated heterocycles. The second-order valence-corrected chi connectivity index (χ2v) is 5.86. The summed E-state index contributed by atoms with van der Waals surface area (Å²) in [5.41, 5.74) is 2.74. The Morgan fingerprint density at radius 3 is 2.59 bits per heavy atom. The first-order valence-electron chi connectivity index (χ1n) is 7.70. The Hall–Kier alpha value is -1.49. The topological polar surface area (TPSA) is 38.2 Å². The fourth-order valence-electron chi connectivity index (χ4n) is 2.61. The number of aryl methyl sites for hydroxylation is 1. The van der Waals surface area contributed by atoms with Crippen LogP contribution in [0.15, 0.2) is 36.4 Å². The van der Waals surface area contributed by atoms with Gasteiger partial charge in [0.2, 0.25) is 0 Å². The van der Waals surface area contributed by atoms with E-state index < -0.39 is 0 Å². The highest BCUT2D eigenvalue weighted by Crippen LogP contribution is 2.22. The van der Waals surface area contributed by atoms with E-state index in [0.717, 1.165) is 62.6 Å². The monoisotopic (exact) mass is 317 g/mol. The van der Waals surface area contributed by atoms with E-state index in [1.165, 1.54) is 0 Å². The summed E-state index contributed by atoms with van der Waals surface area (Å²) in [6, 6.07) is 11.9. The zero-order valence-corrected chi connectivity index (χ0v) is 13.3. The highest BCUT2D eigenvalue weighted by atomic mass is 35.5. The molecule has 0 saturated carbocycles. The second kappa shape index (κ2) is 7.68. The molecule has 0 amide bonds. The quantitative estimate of drug-likeness (QED) is 0.849. The van der Waals surface area contributed by atoms with Crippen LogP contribution in [0.1, 0.15) is 12.1 Å². The van der Waals surface area contributed by atoms with Gasteiger partial charge < -0.3 is 4.74 Å². The van der Waals surface area contributed by atoms with Crippen LogP contribution < -0.4 is 0 Å². The first kappa shape index (κ1) is 15.4. The molecule has 3 rings (SSSR count). The van der Waals surface area contributed by atoms with Gasteiger partial charge in [0.1, 0.15) is 0 Å². The van der Waals surface area contributed by atoms with Crippen molar-refractivity contribution in [3.8, 4) is 11.3 Å². The molecule has 1 aromatic carbocycles. The maximum absolute atomic E-state index is 6.36. The molecule has 1 aromatic heterocycles. The van der Waals surface area contributed by atoms with Crippen LogP contribution in [0.5, 0.6) is 0 Å². The molecule has 0 radical (unpaired) electrons. The molecular weight excluding hydrogens is 298 g/mol. The van der Waals surface area contributed by atoms with Gasteiger partial charge in [0.25, 0.3) is 0 Å². The molecule has 1 aliphatic heterocycles. The molecule has 2 aromatic rings. The van der Waals surface area contributed by atoms with Gasteiger partial charge in [-0.3, -0.25) is 4.90 Å². The third-order valence-electron chi connectivity index (χ3n) is 3.88. The molecule has 116 valence electrons. The molecule has 1 aliphatic rings. The van der Waals surface area contributed by atoms with Gasteiger partial charge in [0, 0.05) is 18.7 Å². The number of nitrogens with zero attached hydrogens (tertiary/aromatic N) is 3. The van der Waals surface area contributed by atoms with Crippen LogP contribution >= 0.6 is 11.6 Å². The third-order valence-corrected chi connectivity index (χ3v) is 4.21. The molecular formula is C17H20ClN3O. The van der Waals surface area contributed by atoms with E-state index >= 15 is 0 Å². The maximum atomic E-state index is 6.36. The summed E-state index contributed by atoms with van der Waals surface area (Å²) in [7, 11) is 0. The Morgan fingerprint density at radius 1 is 1.09 bits per heavy atom. The molecule has 0 spiro atoms. The Bertz CT molecular complexity index is 600. The summed E-state index contributed by atoms with van der Waals surface area (Å²) in [5, 5.41) is 9.32. The third kappa shape index (κ3) is 4.03. The van der Waals surface area contributed by atoms with Gasteiger partial charge in [-0.1, -0.05) is 41.9 Å². The van der Waals surface area contributed by atoms with Gasteiger partial charge in [0.15, 0.2) is 0 Å². The number of rotatable bonds is 5. The largest absolute Gasteiger partial charge is 0.379 e. The van der Waals surface area contributed by atoms with E-state index in [-0.39, 0.29) is 0 Å². The average Bonchev–Trinajstić information content (AvgIpc) is 2.58. The van der Waals surface area contributed by atoms with Crippen molar-refractivity contribution in [2.24, 2.45) is 0 Å². The number of morpholine rings is 1. The molecule has 0 aliphatic carbocycles. The van der Waals surface area contributed by atoms with Gasteiger partial charge in [-0.25, -0.2) is 0 Å². The van der Waals surface area contributed by atoms with Crippen molar-refractivity contribution in [3.63, 3.8) is 0 Å². The van der Waals surface area contributed by atoms with E-state index in [1.54, 1.807) is 0 Å². The summed E-state index contributed by atoms with van der Waals surface area (Å²) in [6.07, 6.45) is 1.90. The van der Waals surface area contributed by atoms with Crippen LogP contribution in [0.2, 0.25) is 5.02 Å². The van der Waals surface area contributed by atoms with E-state index in [9.17, 15) is 0 Å². The van der Waals surface area contributed by atoms with Crippen molar-refractivity contribution in [2.75, 3.05) is 32.8 Å². The molecule has 4 nitrogen and oxygen atoms in total. The Labute approximate surface area is 136 Å². The highest BCUT2D eigenvalue weighted by Gasteiger charge is 2.11. The standard InChI is InChI=1S/C17H20ClN3O/c18-15-13-17(14-5-2-1-3-6-14)20-19-16(15)7-4-8-21-9-11-22-12-10-21/h1-3,5-6,13H,4,7-12H2. The van der Waals surface area contributed by atoms with Crippen LogP contribution in [0.4, 0.5) is 0 Å². The summed E-state index contributed by atoms with van der Waals surface area (Å²) in [4.78, 5) is 2.42. The lowest BCUT2D eigenvalue weighted by molar-refractivity contribution is 0.0374. The van der Waals surface area contributed by atoms with Gasteiger partial charge in [-0.15, -0.1) is 0 Å². The number of hydrogen-bond acceptors (Lipinski definition) is 4. The zero-order valence-electron chi connectivity index (χ0n) is 12.5. The number of hydrogen-bond donors (Lipinski definition) is 0. The molecule has 0 unspecified atom stereocenters. The van der Waals surface area contributed by atoms with Crippen molar-refractivity contribution in [1.82, 2.24) is 15.1 Å². The van der Waals surface area contributed by atoms with Gasteiger partial charge in [-0.05, 0) is 25.5 Å². The Balaban J connectivity index is 1.58. The first-order chi connectivity index (χ1) is 10.8. The van der Waals surface area contributed by atoms with Crippen LogP contribution in [0.3, 0.4) is 0 Å². The van der Waals surface area contributed by atoms with E-state index in [0.29, 0.717) is 5.02 Å². The van der Waals surface area contributed by atoms with Crippen LogP contribution in [-0.2, 0) is 11.2 Å². The average molecular weight is 318 g/mol. The van der Waals surface area contributed by atoms with Gasteiger partial charge >= 0.3 is 0 Å². The van der Waals surface area contributed by atoms with E-state index in [2.05, 4.69) is 15.1 Å². The summed E-state index contributed by atoms with van der Waals surface area (Å²) in [6.45, 7) is 4.78. The maximum Gasteiger partial charge on any atom is 0.0944 e. The Morgan fingerprint density at radius 2 is 1.86 bits per heavy atom. The van der Waals surface area contributed by atoms with E-state index in [4.69, 9.17) is 16.3 Å². The second-order valence-electron chi connectivity index (χ2n) is 5.45. The van der Waals surface area contributed by atoms with Crippen molar-refractivity contribution < 1.29 is 4.74 Å². The van der Waals surface area contributed by atoms with Crippen molar-refractivity contribution >= 4 is 11.6 Å². The molecule has 5 heteroatoms. The molecule has 22 heavy (non-hydrogen) atoms.